The topological polar surface area (TPSA) is 42.2 Å². The Morgan fingerprint density at radius 1 is 1.42 bits per heavy atom. The Bertz CT molecular complexity index is 517. The molecule has 4 nitrogen and oxygen atoms in total. The van der Waals surface area contributed by atoms with Gasteiger partial charge in [-0.1, -0.05) is 13.3 Å². The number of nitrogens with one attached hydrogen (secondary N) is 1. The van der Waals surface area contributed by atoms with Crippen molar-refractivity contribution in [1.29, 1.82) is 0 Å². The lowest BCUT2D eigenvalue weighted by Crippen LogP contribution is -2.16. The first-order valence-electron chi connectivity index (χ1n) is 6.85. The van der Waals surface area contributed by atoms with Crippen LogP contribution in [0, 0.1) is 12.8 Å². The number of halogens is 1. The molecular weight excluding hydrogens is 260 g/mol. The number of aryl methyl sites for hydroxylation is 1. The van der Waals surface area contributed by atoms with Crippen LogP contribution in [0.5, 0.6) is 0 Å². The summed E-state index contributed by atoms with van der Waals surface area (Å²) in [6.45, 7) is 5.11. The van der Waals surface area contributed by atoms with E-state index in [1.54, 1.807) is 6.20 Å². The van der Waals surface area contributed by atoms with E-state index in [1.165, 1.54) is 12.8 Å². The summed E-state index contributed by atoms with van der Waals surface area (Å²) >= 11 is 5.85. The Morgan fingerprint density at radius 2 is 2.26 bits per heavy atom. The quantitative estimate of drug-likeness (QED) is 0.790. The molecule has 2 aromatic heterocycles. The van der Waals surface area contributed by atoms with Gasteiger partial charge in [-0.2, -0.15) is 5.10 Å². The van der Waals surface area contributed by atoms with Crippen LogP contribution < -0.4 is 5.32 Å². The maximum absolute atomic E-state index is 5.85. The number of fused-ring (bicyclic) bond motifs is 1. The molecule has 0 amide bonds. The van der Waals surface area contributed by atoms with Gasteiger partial charge in [0.25, 0.3) is 0 Å². The molecule has 2 heterocycles. The summed E-state index contributed by atoms with van der Waals surface area (Å²) in [5.74, 6) is 2.22. The van der Waals surface area contributed by atoms with Gasteiger partial charge in [0.2, 0.25) is 0 Å². The van der Waals surface area contributed by atoms with E-state index in [1.807, 2.05) is 23.7 Å². The summed E-state index contributed by atoms with van der Waals surface area (Å²) in [5.41, 5.74) is 2.03. The molecule has 2 rings (SSSR count). The van der Waals surface area contributed by atoms with Crippen LogP contribution in [-0.2, 0) is 0 Å². The summed E-state index contributed by atoms with van der Waals surface area (Å²) in [6, 6.07) is 2.05. The summed E-state index contributed by atoms with van der Waals surface area (Å²) in [5, 5.41) is 7.83. The molecule has 5 heteroatoms. The zero-order chi connectivity index (χ0) is 13.7. The predicted molar refractivity (Wildman–Crippen MR) is 79.9 cm³/mol. The molecule has 19 heavy (non-hydrogen) atoms. The van der Waals surface area contributed by atoms with Crippen molar-refractivity contribution in [2.75, 3.05) is 17.7 Å². The van der Waals surface area contributed by atoms with Crippen molar-refractivity contribution in [2.45, 2.75) is 33.1 Å². The number of alkyl halides is 1. The molecule has 0 aliphatic heterocycles. The third kappa shape index (κ3) is 3.60. The van der Waals surface area contributed by atoms with Crippen LogP contribution in [0.3, 0.4) is 0 Å². The molecule has 1 unspecified atom stereocenters. The van der Waals surface area contributed by atoms with Crippen LogP contribution in [-0.4, -0.2) is 27.0 Å². The fourth-order valence-electron chi connectivity index (χ4n) is 2.33. The number of nitrogens with zero attached hydrogens (tertiary/aromatic N) is 3. The lowest BCUT2D eigenvalue weighted by Gasteiger charge is -2.16. The largest absolute Gasteiger partial charge is 0.368 e. The van der Waals surface area contributed by atoms with Crippen molar-refractivity contribution in [3.8, 4) is 0 Å². The Balaban J connectivity index is 2.08. The average Bonchev–Trinajstić information content (AvgIpc) is 2.77. The number of aromatic nitrogens is 3. The summed E-state index contributed by atoms with van der Waals surface area (Å²) in [7, 11) is 0. The van der Waals surface area contributed by atoms with Crippen LogP contribution in [0.15, 0.2) is 18.5 Å². The zero-order valence-corrected chi connectivity index (χ0v) is 12.3. The summed E-state index contributed by atoms with van der Waals surface area (Å²) in [6.07, 6.45) is 7.07. The minimum Gasteiger partial charge on any atom is -0.368 e. The molecule has 0 fully saturated rings. The van der Waals surface area contributed by atoms with Gasteiger partial charge >= 0.3 is 0 Å². The lowest BCUT2D eigenvalue weighted by atomic mass is 10.0. The van der Waals surface area contributed by atoms with Crippen molar-refractivity contribution in [3.63, 3.8) is 0 Å². The van der Waals surface area contributed by atoms with E-state index in [0.717, 1.165) is 35.9 Å². The van der Waals surface area contributed by atoms with Gasteiger partial charge in [-0.3, -0.25) is 0 Å². The van der Waals surface area contributed by atoms with E-state index in [4.69, 9.17) is 11.6 Å². The summed E-state index contributed by atoms with van der Waals surface area (Å²) in [4.78, 5) is 4.41. The molecule has 1 atom stereocenters. The van der Waals surface area contributed by atoms with Gasteiger partial charge in [-0.15, -0.1) is 11.6 Å². The molecule has 2 aromatic rings. The van der Waals surface area contributed by atoms with E-state index in [0.29, 0.717) is 5.92 Å². The molecule has 1 N–H and O–H groups in total. The first-order chi connectivity index (χ1) is 9.24. The Hall–Kier alpha value is -1.29. The van der Waals surface area contributed by atoms with E-state index in [2.05, 4.69) is 22.3 Å². The molecule has 104 valence electrons. The maximum Gasteiger partial charge on any atom is 0.152 e. The zero-order valence-electron chi connectivity index (χ0n) is 11.6. The Morgan fingerprint density at radius 3 is 3.00 bits per heavy atom. The minimum absolute atomic E-state index is 0.605. The molecular formula is C14H21ClN4. The molecule has 0 aliphatic carbocycles. The molecule has 0 saturated carbocycles. The van der Waals surface area contributed by atoms with Crippen LogP contribution in [0.4, 0.5) is 5.82 Å². The van der Waals surface area contributed by atoms with Crippen LogP contribution >= 0.6 is 11.6 Å². The number of anilines is 1. The third-order valence-electron chi connectivity index (χ3n) is 3.28. The molecule has 0 aromatic carbocycles. The third-order valence-corrected chi connectivity index (χ3v) is 3.50. The van der Waals surface area contributed by atoms with Crippen molar-refractivity contribution >= 4 is 22.9 Å². The van der Waals surface area contributed by atoms with Crippen molar-refractivity contribution in [2.24, 2.45) is 5.92 Å². The van der Waals surface area contributed by atoms with Crippen LogP contribution in [0.25, 0.3) is 5.52 Å². The van der Waals surface area contributed by atoms with E-state index in [9.17, 15) is 0 Å². The molecule has 0 aliphatic rings. The lowest BCUT2D eigenvalue weighted by molar-refractivity contribution is 0.490. The van der Waals surface area contributed by atoms with Crippen LogP contribution in [0.2, 0.25) is 0 Å². The van der Waals surface area contributed by atoms with Gasteiger partial charge in [-0.25, -0.2) is 9.50 Å². The highest BCUT2D eigenvalue weighted by Crippen LogP contribution is 2.17. The number of rotatable bonds is 7. The average molecular weight is 281 g/mol. The van der Waals surface area contributed by atoms with Gasteiger partial charge < -0.3 is 5.32 Å². The van der Waals surface area contributed by atoms with Gasteiger partial charge in [0.1, 0.15) is 5.52 Å². The van der Waals surface area contributed by atoms with Gasteiger partial charge in [-0.05, 0) is 31.7 Å². The second-order valence-electron chi connectivity index (χ2n) is 4.90. The molecule has 0 bridgehead atoms. The first-order valence-corrected chi connectivity index (χ1v) is 7.39. The van der Waals surface area contributed by atoms with Crippen molar-refractivity contribution in [3.05, 3.63) is 24.2 Å². The smallest absolute Gasteiger partial charge is 0.152 e. The number of hydrogen-bond acceptors (Lipinski definition) is 3. The SMILES string of the molecule is CCCC(CCCl)CNc1nccn2nc(C)cc12. The second-order valence-corrected chi connectivity index (χ2v) is 5.28. The molecule has 0 radical (unpaired) electrons. The van der Waals surface area contributed by atoms with Crippen molar-refractivity contribution < 1.29 is 0 Å². The van der Waals surface area contributed by atoms with Crippen molar-refractivity contribution in [1.82, 2.24) is 14.6 Å². The molecule has 0 spiro atoms. The minimum atomic E-state index is 0.605. The van der Waals surface area contributed by atoms with E-state index in [-0.39, 0.29) is 0 Å². The highest BCUT2D eigenvalue weighted by Gasteiger charge is 2.09. The second kappa shape index (κ2) is 6.75. The first kappa shape index (κ1) is 14.1. The normalized spacial score (nSPS) is 12.8. The maximum atomic E-state index is 5.85. The Kier molecular flexibility index (Phi) is 5.02. The fourth-order valence-corrected chi connectivity index (χ4v) is 2.64. The van der Waals surface area contributed by atoms with Gasteiger partial charge in [0.15, 0.2) is 5.82 Å². The van der Waals surface area contributed by atoms with Crippen LogP contribution in [0.1, 0.15) is 31.9 Å². The molecule has 0 saturated heterocycles. The monoisotopic (exact) mass is 280 g/mol. The predicted octanol–water partition coefficient (Wildman–Crippen LogP) is 3.49. The van der Waals surface area contributed by atoms with E-state index < -0.39 is 0 Å². The Labute approximate surface area is 119 Å². The fraction of sp³-hybridized carbons (Fsp3) is 0.571. The van der Waals surface area contributed by atoms with E-state index >= 15 is 0 Å². The summed E-state index contributed by atoms with van der Waals surface area (Å²) < 4.78 is 1.86. The standard InChI is InChI=1S/C14H21ClN4/c1-3-4-12(5-6-15)10-17-14-13-9-11(2)18-19(13)8-7-16-14/h7-9,12H,3-6,10H2,1-2H3,(H,16,17). The van der Waals surface area contributed by atoms with Gasteiger partial charge in [0.05, 0.1) is 5.69 Å². The number of hydrogen-bond donors (Lipinski definition) is 1. The highest BCUT2D eigenvalue weighted by atomic mass is 35.5. The highest BCUT2D eigenvalue weighted by molar-refractivity contribution is 6.17. The van der Waals surface area contributed by atoms with Gasteiger partial charge in [0, 0.05) is 24.8 Å².